The number of carbonyl (C=O) groups excluding carboxylic acids is 2. The molecule has 2 aromatic rings. The summed E-state index contributed by atoms with van der Waals surface area (Å²) in [6.45, 7) is 2.64. The van der Waals surface area contributed by atoms with Crippen molar-refractivity contribution in [2.75, 3.05) is 20.3 Å². The van der Waals surface area contributed by atoms with Gasteiger partial charge in [-0.15, -0.1) is 0 Å². The lowest BCUT2D eigenvalue weighted by Crippen LogP contribution is -2.38. The first-order valence-corrected chi connectivity index (χ1v) is 9.86. The Kier molecular flexibility index (Phi) is 7.07. The molecule has 1 atom stereocenters. The van der Waals surface area contributed by atoms with Crippen LogP contribution in [0, 0.1) is 0 Å². The van der Waals surface area contributed by atoms with Crippen molar-refractivity contribution in [3.8, 4) is 0 Å². The molecular weight excluding hydrogens is 390 g/mol. The molecule has 1 heterocycles. The molecule has 1 amide bonds. The Morgan fingerprint density at radius 2 is 1.79 bits per heavy atom. The van der Waals surface area contributed by atoms with Gasteiger partial charge in [-0.25, -0.2) is 4.79 Å². The molecule has 1 aliphatic heterocycles. The van der Waals surface area contributed by atoms with Gasteiger partial charge in [0.05, 0.1) is 18.7 Å². The van der Waals surface area contributed by atoms with Crippen LogP contribution >= 0.6 is 11.6 Å². The lowest BCUT2D eigenvalue weighted by Gasteiger charge is -2.34. The molecule has 0 saturated heterocycles. The SMILES string of the molecule is COCCOC(=O)C1=C(C)N(Cc2ccccc2)C(=O)CC1c1ccccc1Cl. The van der Waals surface area contributed by atoms with Crippen LogP contribution in [0.5, 0.6) is 0 Å². The van der Waals surface area contributed by atoms with E-state index < -0.39 is 11.9 Å². The van der Waals surface area contributed by atoms with E-state index in [1.54, 1.807) is 25.0 Å². The number of ether oxygens (including phenoxy) is 2. The molecule has 1 unspecified atom stereocenters. The minimum atomic E-state index is -0.449. The van der Waals surface area contributed by atoms with Crippen molar-refractivity contribution in [2.45, 2.75) is 25.8 Å². The van der Waals surface area contributed by atoms with E-state index in [0.717, 1.165) is 11.1 Å². The lowest BCUT2D eigenvalue weighted by atomic mass is 9.83. The van der Waals surface area contributed by atoms with E-state index in [9.17, 15) is 9.59 Å². The quantitative estimate of drug-likeness (QED) is 0.501. The number of carbonyl (C=O) groups is 2. The second-order valence-electron chi connectivity index (χ2n) is 6.87. The van der Waals surface area contributed by atoms with E-state index in [1.165, 1.54) is 0 Å². The Balaban J connectivity index is 2.00. The van der Waals surface area contributed by atoms with E-state index in [2.05, 4.69) is 0 Å². The van der Waals surface area contributed by atoms with Gasteiger partial charge in [-0.05, 0) is 24.1 Å². The Morgan fingerprint density at radius 1 is 1.10 bits per heavy atom. The van der Waals surface area contributed by atoms with Crippen LogP contribution in [0.1, 0.15) is 30.4 Å². The topological polar surface area (TPSA) is 55.8 Å². The molecule has 152 valence electrons. The molecule has 1 aliphatic rings. The normalized spacial score (nSPS) is 16.9. The Hall–Kier alpha value is -2.63. The van der Waals surface area contributed by atoms with Crippen molar-refractivity contribution in [1.29, 1.82) is 0 Å². The maximum atomic E-state index is 13.0. The molecular formula is C23H24ClNO4. The number of benzene rings is 2. The van der Waals surface area contributed by atoms with Gasteiger partial charge >= 0.3 is 5.97 Å². The zero-order valence-corrected chi connectivity index (χ0v) is 17.3. The summed E-state index contributed by atoms with van der Waals surface area (Å²) in [6.07, 6.45) is 0.155. The third-order valence-electron chi connectivity index (χ3n) is 5.03. The number of halogens is 1. The average Bonchev–Trinajstić information content (AvgIpc) is 2.72. The maximum Gasteiger partial charge on any atom is 0.336 e. The summed E-state index contributed by atoms with van der Waals surface area (Å²) in [7, 11) is 1.55. The second-order valence-corrected chi connectivity index (χ2v) is 7.28. The Labute approximate surface area is 175 Å². The fourth-order valence-electron chi connectivity index (χ4n) is 3.55. The summed E-state index contributed by atoms with van der Waals surface area (Å²) < 4.78 is 10.4. The van der Waals surface area contributed by atoms with Crippen molar-refractivity contribution in [3.05, 3.63) is 82.0 Å². The van der Waals surface area contributed by atoms with Crippen molar-refractivity contribution >= 4 is 23.5 Å². The number of methoxy groups -OCH3 is 1. The molecule has 0 saturated carbocycles. The van der Waals surface area contributed by atoms with Crippen LogP contribution < -0.4 is 0 Å². The van der Waals surface area contributed by atoms with Crippen molar-refractivity contribution in [1.82, 2.24) is 4.90 Å². The van der Waals surface area contributed by atoms with Gasteiger partial charge in [0.15, 0.2) is 0 Å². The van der Waals surface area contributed by atoms with Gasteiger partial charge in [0.25, 0.3) is 0 Å². The number of amides is 1. The minimum Gasteiger partial charge on any atom is -0.460 e. The highest BCUT2D eigenvalue weighted by Crippen LogP contribution is 2.40. The first kappa shape index (κ1) is 21.1. The molecule has 3 rings (SSSR count). The number of rotatable bonds is 7. The van der Waals surface area contributed by atoms with E-state index in [0.29, 0.717) is 29.4 Å². The van der Waals surface area contributed by atoms with E-state index in [-0.39, 0.29) is 18.9 Å². The van der Waals surface area contributed by atoms with Gasteiger partial charge in [0, 0.05) is 30.2 Å². The van der Waals surface area contributed by atoms with Crippen molar-refractivity contribution in [2.24, 2.45) is 0 Å². The Morgan fingerprint density at radius 3 is 2.48 bits per heavy atom. The van der Waals surface area contributed by atoms with Crippen molar-refractivity contribution in [3.63, 3.8) is 0 Å². The molecule has 0 spiro atoms. The monoisotopic (exact) mass is 413 g/mol. The number of hydrogen-bond acceptors (Lipinski definition) is 4. The first-order chi connectivity index (χ1) is 14.0. The molecule has 5 nitrogen and oxygen atoms in total. The highest BCUT2D eigenvalue weighted by Gasteiger charge is 2.37. The van der Waals surface area contributed by atoms with Gasteiger partial charge in [0.2, 0.25) is 5.91 Å². The predicted octanol–water partition coefficient (Wildman–Crippen LogP) is 4.32. The molecule has 0 aromatic heterocycles. The number of allylic oxidation sites excluding steroid dienone is 1. The molecule has 0 bridgehead atoms. The largest absolute Gasteiger partial charge is 0.460 e. The van der Waals surface area contributed by atoms with Crippen LogP contribution in [0.2, 0.25) is 5.02 Å². The summed E-state index contributed by atoms with van der Waals surface area (Å²) in [5.41, 5.74) is 2.80. The highest BCUT2D eigenvalue weighted by atomic mass is 35.5. The summed E-state index contributed by atoms with van der Waals surface area (Å²) in [6, 6.07) is 17.0. The molecule has 2 aromatic carbocycles. The summed E-state index contributed by atoms with van der Waals surface area (Å²) in [5.74, 6) is -0.946. The summed E-state index contributed by atoms with van der Waals surface area (Å²) in [4.78, 5) is 27.6. The molecule has 0 aliphatic carbocycles. The van der Waals surface area contributed by atoms with Gasteiger partial charge in [-0.3, -0.25) is 4.79 Å². The van der Waals surface area contributed by atoms with Crippen LogP contribution in [0.15, 0.2) is 65.9 Å². The lowest BCUT2D eigenvalue weighted by molar-refractivity contribution is -0.141. The van der Waals surface area contributed by atoms with Crippen LogP contribution in [-0.2, 0) is 25.6 Å². The van der Waals surface area contributed by atoms with Gasteiger partial charge in [-0.2, -0.15) is 0 Å². The number of esters is 1. The van der Waals surface area contributed by atoms with Crippen LogP contribution in [0.4, 0.5) is 0 Å². The zero-order valence-electron chi connectivity index (χ0n) is 16.6. The van der Waals surface area contributed by atoms with E-state index >= 15 is 0 Å². The summed E-state index contributed by atoms with van der Waals surface area (Å²) in [5, 5.41) is 0.525. The maximum absolute atomic E-state index is 13.0. The average molecular weight is 414 g/mol. The standard InChI is InChI=1S/C23H24ClNO4/c1-16-22(23(27)29-13-12-28-2)19(18-10-6-7-11-20(18)24)14-21(26)25(16)15-17-8-4-3-5-9-17/h3-11,19H,12-15H2,1-2H3. The predicted molar refractivity (Wildman–Crippen MR) is 111 cm³/mol. The molecule has 0 N–H and O–H groups in total. The van der Waals surface area contributed by atoms with Gasteiger partial charge in [-0.1, -0.05) is 60.1 Å². The van der Waals surface area contributed by atoms with E-state index in [4.69, 9.17) is 21.1 Å². The second kappa shape index (κ2) is 9.72. The zero-order chi connectivity index (χ0) is 20.8. The smallest absolute Gasteiger partial charge is 0.336 e. The third-order valence-corrected chi connectivity index (χ3v) is 5.37. The molecule has 29 heavy (non-hydrogen) atoms. The van der Waals surface area contributed by atoms with Crippen LogP contribution in [-0.4, -0.2) is 37.1 Å². The number of nitrogens with zero attached hydrogens (tertiary/aromatic N) is 1. The molecule has 0 fully saturated rings. The highest BCUT2D eigenvalue weighted by molar-refractivity contribution is 6.31. The van der Waals surface area contributed by atoms with Gasteiger partial charge < -0.3 is 14.4 Å². The fourth-order valence-corrected chi connectivity index (χ4v) is 3.82. The first-order valence-electron chi connectivity index (χ1n) is 9.48. The fraction of sp³-hybridized carbons (Fsp3) is 0.304. The van der Waals surface area contributed by atoms with E-state index in [1.807, 2.05) is 48.5 Å². The van der Waals surface area contributed by atoms with Crippen LogP contribution in [0.3, 0.4) is 0 Å². The Bertz CT molecular complexity index is 910. The summed E-state index contributed by atoms with van der Waals surface area (Å²) >= 11 is 6.40. The van der Waals surface area contributed by atoms with Crippen LogP contribution in [0.25, 0.3) is 0 Å². The number of hydrogen-bond donors (Lipinski definition) is 0. The van der Waals surface area contributed by atoms with Gasteiger partial charge in [0.1, 0.15) is 6.61 Å². The minimum absolute atomic E-state index is 0.0512. The third kappa shape index (κ3) is 4.86. The molecule has 0 radical (unpaired) electrons. The molecule has 6 heteroatoms. The van der Waals surface area contributed by atoms with Crippen molar-refractivity contribution < 1.29 is 19.1 Å².